The van der Waals surface area contributed by atoms with Crippen molar-refractivity contribution in [2.75, 3.05) is 11.9 Å². The minimum absolute atomic E-state index is 0.0467. The van der Waals surface area contributed by atoms with Gasteiger partial charge in [0.15, 0.2) is 10.7 Å². The van der Waals surface area contributed by atoms with Gasteiger partial charge in [0.1, 0.15) is 5.76 Å². The van der Waals surface area contributed by atoms with Crippen molar-refractivity contribution in [3.05, 3.63) is 59.9 Å². The maximum atomic E-state index is 13.0. The number of rotatable bonds is 5. The van der Waals surface area contributed by atoms with Crippen LogP contribution in [0, 0.1) is 0 Å². The number of hydrogen-bond donors (Lipinski definition) is 2. The molecule has 0 aliphatic carbocycles. The van der Waals surface area contributed by atoms with Crippen molar-refractivity contribution in [3.8, 4) is 0 Å². The number of hydrogen-bond acceptors (Lipinski definition) is 7. The van der Waals surface area contributed by atoms with Crippen molar-refractivity contribution in [2.45, 2.75) is 31.8 Å². The van der Waals surface area contributed by atoms with Gasteiger partial charge in [-0.05, 0) is 43.0 Å². The van der Waals surface area contributed by atoms with Crippen LogP contribution in [0.15, 0.2) is 47.3 Å². The molecule has 1 saturated heterocycles. The molecule has 3 amide bonds. The number of carbonyl (C=O) groups excluding carboxylic acids is 2. The standard InChI is InChI=1S/C19H20N6O3S/c26-17(21-12-14-6-4-10-28-14)16-18(29-24-23-16)22-19(27)25-9-2-1-7-15(25)13-5-3-8-20-11-13/h3-6,8,10-11,15H,1-2,7,9,12H2,(H,21,26)(H,22,27). The number of furan rings is 1. The molecule has 1 aliphatic rings. The first kappa shape index (κ1) is 19.1. The van der Waals surface area contributed by atoms with E-state index in [0.29, 0.717) is 17.3 Å². The van der Waals surface area contributed by atoms with Crippen LogP contribution < -0.4 is 10.6 Å². The molecule has 3 aromatic rings. The predicted octanol–water partition coefficient (Wildman–Crippen LogP) is 3.22. The third-order valence-electron chi connectivity index (χ3n) is 4.76. The molecule has 1 fully saturated rings. The molecule has 0 radical (unpaired) electrons. The van der Waals surface area contributed by atoms with Crippen molar-refractivity contribution in [1.29, 1.82) is 0 Å². The Balaban J connectivity index is 1.44. The number of anilines is 1. The fourth-order valence-electron chi connectivity index (χ4n) is 3.35. The lowest BCUT2D eigenvalue weighted by Gasteiger charge is -2.35. The predicted molar refractivity (Wildman–Crippen MR) is 106 cm³/mol. The van der Waals surface area contributed by atoms with Gasteiger partial charge in [-0.1, -0.05) is 10.6 Å². The van der Waals surface area contributed by atoms with Gasteiger partial charge in [-0.25, -0.2) is 4.79 Å². The van der Waals surface area contributed by atoms with Gasteiger partial charge in [0.25, 0.3) is 5.91 Å². The van der Waals surface area contributed by atoms with Crippen LogP contribution in [0.4, 0.5) is 9.80 Å². The molecule has 3 aromatic heterocycles. The average Bonchev–Trinajstić information content (AvgIpc) is 3.45. The third kappa shape index (κ3) is 4.43. The molecule has 4 rings (SSSR count). The second kappa shape index (κ2) is 8.82. The van der Waals surface area contributed by atoms with Crippen LogP contribution in [0.1, 0.15) is 47.1 Å². The second-order valence-electron chi connectivity index (χ2n) is 6.63. The van der Waals surface area contributed by atoms with E-state index in [2.05, 4.69) is 25.2 Å². The van der Waals surface area contributed by atoms with Crippen molar-refractivity contribution < 1.29 is 14.0 Å². The molecule has 0 spiro atoms. The molecule has 0 aromatic carbocycles. The van der Waals surface area contributed by atoms with Crippen LogP contribution in [-0.2, 0) is 6.54 Å². The number of nitrogens with zero attached hydrogens (tertiary/aromatic N) is 4. The van der Waals surface area contributed by atoms with Gasteiger partial charge in [0, 0.05) is 30.5 Å². The van der Waals surface area contributed by atoms with Crippen molar-refractivity contribution in [2.24, 2.45) is 0 Å². The number of pyridine rings is 1. The highest BCUT2D eigenvalue weighted by Crippen LogP contribution is 2.31. The topological polar surface area (TPSA) is 113 Å². The summed E-state index contributed by atoms with van der Waals surface area (Å²) in [6.07, 6.45) is 7.89. The summed E-state index contributed by atoms with van der Waals surface area (Å²) >= 11 is 0.974. The third-order valence-corrected chi connectivity index (χ3v) is 5.40. The van der Waals surface area contributed by atoms with E-state index in [1.54, 1.807) is 29.4 Å². The number of amides is 3. The number of nitrogens with one attached hydrogen (secondary N) is 2. The Morgan fingerprint density at radius 1 is 1.28 bits per heavy atom. The zero-order valence-electron chi connectivity index (χ0n) is 15.6. The SMILES string of the molecule is O=C(NCc1ccco1)c1nnsc1NC(=O)N1CCCCC1c1cccnc1. The molecular weight excluding hydrogens is 392 g/mol. The lowest BCUT2D eigenvalue weighted by Crippen LogP contribution is -2.41. The molecule has 10 heteroatoms. The van der Waals surface area contributed by atoms with Gasteiger partial charge >= 0.3 is 6.03 Å². The fourth-order valence-corrected chi connectivity index (χ4v) is 3.91. The highest BCUT2D eigenvalue weighted by Gasteiger charge is 2.29. The molecule has 1 aliphatic heterocycles. The lowest BCUT2D eigenvalue weighted by molar-refractivity contribution is 0.0944. The van der Waals surface area contributed by atoms with E-state index < -0.39 is 5.91 Å². The van der Waals surface area contributed by atoms with E-state index in [1.165, 1.54) is 6.26 Å². The van der Waals surface area contributed by atoms with E-state index in [4.69, 9.17) is 4.42 Å². The zero-order valence-corrected chi connectivity index (χ0v) is 16.4. The molecular formula is C19H20N6O3S. The Morgan fingerprint density at radius 2 is 2.21 bits per heavy atom. The fraction of sp³-hybridized carbons (Fsp3) is 0.316. The van der Waals surface area contributed by atoms with Crippen molar-refractivity contribution in [3.63, 3.8) is 0 Å². The Labute approximate surface area is 171 Å². The van der Waals surface area contributed by atoms with Crippen LogP contribution in [0.25, 0.3) is 0 Å². The average molecular weight is 412 g/mol. The largest absolute Gasteiger partial charge is 0.467 e. The molecule has 9 nitrogen and oxygen atoms in total. The molecule has 1 unspecified atom stereocenters. The Kier molecular flexibility index (Phi) is 5.80. The summed E-state index contributed by atoms with van der Waals surface area (Å²) in [6, 6.07) is 7.03. The Morgan fingerprint density at radius 3 is 3.00 bits per heavy atom. The number of urea groups is 1. The summed E-state index contributed by atoms with van der Waals surface area (Å²) in [7, 11) is 0. The monoisotopic (exact) mass is 412 g/mol. The summed E-state index contributed by atoms with van der Waals surface area (Å²) in [6.45, 7) is 0.865. The van der Waals surface area contributed by atoms with Gasteiger partial charge < -0.3 is 14.6 Å². The van der Waals surface area contributed by atoms with E-state index >= 15 is 0 Å². The van der Waals surface area contributed by atoms with Crippen LogP contribution in [-0.4, -0.2) is 38.0 Å². The van der Waals surface area contributed by atoms with Crippen molar-refractivity contribution in [1.82, 2.24) is 24.8 Å². The van der Waals surface area contributed by atoms with Gasteiger partial charge in [0.2, 0.25) is 0 Å². The van der Waals surface area contributed by atoms with Gasteiger partial charge in [-0.2, -0.15) is 0 Å². The number of aromatic nitrogens is 3. The maximum Gasteiger partial charge on any atom is 0.323 e. The minimum Gasteiger partial charge on any atom is -0.467 e. The van der Waals surface area contributed by atoms with Crippen LogP contribution in [0.2, 0.25) is 0 Å². The number of likely N-dealkylation sites (tertiary alicyclic amines) is 1. The zero-order chi connectivity index (χ0) is 20.1. The van der Waals surface area contributed by atoms with Crippen LogP contribution in [0.5, 0.6) is 0 Å². The van der Waals surface area contributed by atoms with Crippen LogP contribution in [0.3, 0.4) is 0 Å². The molecule has 0 saturated carbocycles. The van der Waals surface area contributed by atoms with Gasteiger partial charge in [-0.3, -0.25) is 15.1 Å². The van der Waals surface area contributed by atoms with E-state index in [9.17, 15) is 9.59 Å². The molecule has 150 valence electrons. The van der Waals surface area contributed by atoms with Gasteiger partial charge in [-0.15, -0.1) is 5.10 Å². The summed E-state index contributed by atoms with van der Waals surface area (Å²) < 4.78 is 9.03. The lowest BCUT2D eigenvalue weighted by atomic mass is 9.97. The normalized spacial score (nSPS) is 16.4. The molecule has 2 N–H and O–H groups in total. The molecule has 4 heterocycles. The van der Waals surface area contributed by atoms with Crippen molar-refractivity contribution >= 4 is 28.5 Å². The minimum atomic E-state index is -0.423. The Bertz CT molecular complexity index is 960. The van der Waals surface area contributed by atoms with Gasteiger partial charge in [0.05, 0.1) is 18.8 Å². The van der Waals surface area contributed by atoms with E-state index in [-0.39, 0.29) is 24.3 Å². The maximum absolute atomic E-state index is 13.0. The summed E-state index contributed by atoms with van der Waals surface area (Å²) in [5, 5.41) is 9.72. The smallest absolute Gasteiger partial charge is 0.323 e. The first-order valence-electron chi connectivity index (χ1n) is 9.33. The quantitative estimate of drug-likeness (QED) is 0.665. The summed E-state index contributed by atoms with van der Waals surface area (Å²) in [5.74, 6) is 0.202. The molecule has 29 heavy (non-hydrogen) atoms. The molecule has 1 atom stereocenters. The molecule has 0 bridgehead atoms. The highest BCUT2D eigenvalue weighted by atomic mass is 32.1. The summed E-state index contributed by atoms with van der Waals surface area (Å²) in [4.78, 5) is 31.4. The second-order valence-corrected chi connectivity index (χ2v) is 7.39. The number of piperidine rings is 1. The van der Waals surface area contributed by atoms with E-state index in [0.717, 1.165) is 36.4 Å². The van der Waals surface area contributed by atoms with E-state index in [1.807, 2.05) is 12.1 Å². The summed E-state index contributed by atoms with van der Waals surface area (Å²) in [5.41, 5.74) is 1.09. The Hall–Kier alpha value is -3.27. The first-order chi connectivity index (χ1) is 14.2. The van der Waals surface area contributed by atoms with Crippen LogP contribution >= 0.6 is 11.5 Å². The number of carbonyl (C=O) groups is 2. The highest BCUT2D eigenvalue weighted by molar-refractivity contribution is 7.10. The first-order valence-corrected chi connectivity index (χ1v) is 10.1.